The summed E-state index contributed by atoms with van der Waals surface area (Å²) in [4.78, 5) is 27.2. The minimum absolute atomic E-state index is 0.0378. The summed E-state index contributed by atoms with van der Waals surface area (Å²) >= 11 is 0. The van der Waals surface area contributed by atoms with Crippen molar-refractivity contribution in [1.29, 1.82) is 0 Å². The van der Waals surface area contributed by atoms with Crippen molar-refractivity contribution in [2.45, 2.75) is 18.9 Å². The molecule has 9 heteroatoms. The van der Waals surface area contributed by atoms with Crippen molar-refractivity contribution in [1.82, 2.24) is 20.4 Å². The van der Waals surface area contributed by atoms with Crippen LogP contribution in [0.5, 0.6) is 0 Å². The molecule has 2 amide bonds. The number of nitrogens with zero attached hydrogens (tertiary/aromatic N) is 2. The van der Waals surface area contributed by atoms with E-state index in [-0.39, 0.29) is 17.4 Å². The first kappa shape index (κ1) is 17.6. The summed E-state index contributed by atoms with van der Waals surface area (Å²) in [5, 5.41) is 11.7. The Balaban J connectivity index is 1.48. The van der Waals surface area contributed by atoms with Crippen LogP contribution in [0.25, 0.3) is 0 Å². The van der Waals surface area contributed by atoms with Crippen LogP contribution in [0.1, 0.15) is 33.7 Å². The van der Waals surface area contributed by atoms with E-state index in [1.54, 1.807) is 0 Å². The van der Waals surface area contributed by atoms with Crippen LogP contribution in [0.3, 0.4) is 0 Å². The number of H-pyrrole nitrogens is 1. The lowest BCUT2D eigenvalue weighted by Crippen LogP contribution is -2.57. The van der Waals surface area contributed by atoms with Gasteiger partial charge in [0.05, 0.1) is 11.9 Å². The van der Waals surface area contributed by atoms with Gasteiger partial charge in [-0.1, -0.05) is 6.07 Å². The smallest absolute Gasteiger partial charge is 0.271 e. The Kier molecular flexibility index (Phi) is 4.61. The Morgan fingerprint density at radius 2 is 1.85 bits per heavy atom. The maximum Gasteiger partial charge on any atom is 0.271 e. The number of carbonyl (C=O) groups excluding carboxylic acids is 2. The number of benzene rings is 1. The zero-order valence-electron chi connectivity index (χ0n) is 14.5. The first-order chi connectivity index (χ1) is 13.0. The van der Waals surface area contributed by atoms with Gasteiger partial charge in [0, 0.05) is 12.6 Å². The second-order valence-electron chi connectivity index (χ2n) is 6.93. The number of anilines is 1. The van der Waals surface area contributed by atoms with E-state index in [1.165, 1.54) is 12.3 Å². The fourth-order valence-electron chi connectivity index (χ4n) is 3.82. The average Bonchev–Trinajstić information content (AvgIpc) is 3.11. The van der Waals surface area contributed by atoms with Crippen molar-refractivity contribution >= 4 is 17.5 Å². The number of nitrogens with one attached hydrogen (secondary N) is 3. The lowest BCUT2D eigenvalue weighted by molar-refractivity contribution is 0.0618. The Labute approximate surface area is 154 Å². The van der Waals surface area contributed by atoms with Crippen LogP contribution >= 0.6 is 0 Å². The van der Waals surface area contributed by atoms with Crippen LogP contribution in [-0.4, -0.2) is 52.6 Å². The van der Waals surface area contributed by atoms with Gasteiger partial charge < -0.3 is 15.5 Å². The topological polar surface area (TPSA) is 90.1 Å². The molecule has 1 unspecified atom stereocenters. The molecule has 3 aliphatic rings. The standard InChI is InChI=1S/C18H19F2N5O2/c19-11-2-1-3-12(20)15(11)17(26)22-13-8-21-24-16(13)18(27)23-14-9-25-6-4-10(14)5-7-25/h1-3,8,10,14H,4-7,9H2,(H,21,24)(H,22,26)(H,23,27). The molecular weight excluding hydrogens is 356 g/mol. The molecule has 0 spiro atoms. The molecule has 3 aliphatic heterocycles. The molecule has 0 aliphatic carbocycles. The van der Waals surface area contributed by atoms with Crippen molar-refractivity contribution in [2.75, 3.05) is 25.0 Å². The van der Waals surface area contributed by atoms with E-state index in [1.807, 2.05) is 0 Å². The maximum absolute atomic E-state index is 13.8. The molecule has 7 nitrogen and oxygen atoms in total. The van der Waals surface area contributed by atoms with Gasteiger partial charge in [0.1, 0.15) is 22.9 Å². The van der Waals surface area contributed by atoms with Crippen molar-refractivity contribution in [3.8, 4) is 0 Å². The third-order valence-electron chi connectivity index (χ3n) is 5.28. The molecule has 0 saturated carbocycles. The zero-order valence-corrected chi connectivity index (χ0v) is 14.5. The van der Waals surface area contributed by atoms with E-state index in [0.717, 1.165) is 44.6 Å². The molecule has 2 aromatic rings. The van der Waals surface area contributed by atoms with Crippen LogP contribution in [0, 0.1) is 17.6 Å². The van der Waals surface area contributed by atoms with E-state index in [2.05, 4.69) is 25.7 Å². The second kappa shape index (κ2) is 7.07. The third-order valence-corrected chi connectivity index (χ3v) is 5.28. The predicted molar refractivity (Wildman–Crippen MR) is 93.3 cm³/mol. The molecule has 1 aromatic heterocycles. The van der Waals surface area contributed by atoms with Crippen molar-refractivity contribution in [3.05, 3.63) is 47.3 Å². The highest BCUT2D eigenvalue weighted by Gasteiger charge is 2.35. The summed E-state index contributed by atoms with van der Waals surface area (Å²) in [6.45, 7) is 2.90. The summed E-state index contributed by atoms with van der Waals surface area (Å²) in [6.07, 6.45) is 3.33. The van der Waals surface area contributed by atoms with Crippen LogP contribution in [0.2, 0.25) is 0 Å². The molecule has 1 atom stereocenters. The molecule has 3 saturated heterocycles. The number of rotatable bonds is 4. The van der Waals surface area contributed by atoms with Crippen LogP contribution in [-0.2, 0) is 0 Å². The van der Waals surface area contributed by atoms with Gasteiger partial charge in [-0.3, -0.25) is 14.7 Å². The molecule has 5 rings (SSSR count). The lowest BCUT2D eigenvalue weighted by atomic mass is 9.84. The molecule has 3 N–H and O–H groups in total. The molecule has 3 fully saturated rings. The van der Waals surface area contributed by atoms with Gasteiger partial charge in [-0.15, -0.1) is 0 Å². The summed E-state index contributed by atoms with van der Waals surface area (Å²) < 4.78 is 27.6. The van der Waals surface area contributed by atoms with Gasteiger partial charge >= 0.3 is 0 Å². The van der Waals surface area contributed by atoms with Gasteiger partial charge in [0.25, 0.3) is 11.8 Å². The Morgan fingerprint density at radius 1 is 1.15 bits per heavy atom. The predicted octanol–water partition coefficient (Wildman–Crippen LogP) is 1.76. The summed E-state index contributed by atoms with van der Waals surface area (Å²) in [5.41, 5.74) is -0.583. The number of amides is 2. The molecule has 0 radical (unpaired) electrons. The molecular formula is C18H19F2N5O2. The number of hydrogen-bond donors (Lipinski definition) is 3. The van der Waals surface area contributed by atoms with Crippen LogP contribution < -0.4 is 10.6 Å². The highest BCUT2D eigenvalue weighted by atomic mass is 19.1. The highest BCUT2D eigenvalue weighted by molar-refractivity contribution is 6.08. The summed E-state index contributed by atoms with van der Waals surface area (Å²) in [7, 11) is 0. The van der Waals surface area contributed by atoms with Crippen LogP contribution in [0.15, 0.2) is 24.4 Å². The Bertz CT molecular complexity index is 856. The SMILES string of the molecule is O=C(NC1CN2CCC1CC2)c1[nH]ncc1NC(=O)c1c(F)cccc1F. The first-order valence-electron chi connectivity index (χ1n) is 8.85. The number of piperidine rings is 3. The molecule has 1 aromatic carbocycles. The Hall–Kier alpha value is -2.81. The number of aromatic nitrogens is 2. The zero-order chi connectivity index (χ0) is 19.0. The van der Waals surface area contributed by atoms with E-state index in [0.29, 0.717) is 5.92 Å². The normalized spacial score (nSPS) is 23.9. The van der Waals surface area contributed by atoms with Gasteiger partial charge in [0.15, 0.2) is 0 Å². The second-order valence-corrected chi connectivity index (χ2v) is 6.93. The number of carbonyl (C=O) groups is 2. The van der Waals surface area contributed by atoms with Crippen molar-refractivity contribution in [3.63, 3.8) is 0 Å². The Morgan fingerprint density at radius 3 is 2.48 bits per heavy atom. The summed E-state index contributed by atoms with van der Waals surface area (Å²) in [6, 6.07) is 3.20. The minimum atomic E-state index is -0.983. The van der Waals surface area contributed by atoms with E-state index < -0.39 is 29.0 Å². The van der Waals surface area contributed by atoms with Crippen molar-refractivity contribution < 1.29 is 18.4 Å². The minimum Gasteiger partial charge on any atom is -0.346 e. The maximum atomic E-state index is 13.8. The van der Waals surface area contributed by atoms with Gasteiger partial charge in [0.2, 0.25) is 0 Å². The fraction of sp³-hybridized carbons (Fsp3) is 0.389. The fourth-order valence-corrected chi connectivity index (χ4v) is 3.82. The lowest BCUT2D eigenvalue weighted by Gasteiger charge is -2.44. The molecule has 142 valence electrons. The van der Waals surface area contributed by atoms with Gasteiger partial charge in [-0.2, -0.15) is 5.10 Å². The van der Waals surface area contributed by atoms with Crippen LogP contribution in [0.4, 0.5) is 14.5 Å². The van der Waals surface area contributed by atoms with Crippen molar-refractivity contribution in [2.24, 2.45) is 5.92 Å². The summed E-state index contributed by atoms with van der Waals surface area (Å²) in [5.74, 6) is -2.91. The molecule has 2 bridgehead atoms. The molecule has 4 heterocycles. The first-order valence-corrected chi connectivity index (χ1v) is 8.85. The number of halogens is 2. The number of aromatic amines is 1. The number of fused-ring (bicyclic) bond motifs is 3. The van der Waals surface area contributed by atoms with E-state index in [9.17, 15) is 18.4 Å². The monoisotopic (exact) mass is 375 g/mol. The van der Waals surface area contributed by atoms with E-state index >= 15 is 0 Å². The van der Waals surface area contributed by atoms with Gasteiger partial charge in [-0.05, 0) is 44.0 Å². The third kappa shape index (κ3) is 3.42. The largest absolute Gasteiger partial charge is 0.346 e. The molecule has 27 heavy (non-hydrogen) atoms. The quantitative estimate of drug-likeness (QED) is 0.760. The highest BCUT2D eigenvalue weighted by Crippen LogP contribution is 2.28. The van der Waals surface area contributed by atoms with Gasteiger partial charge in [-0.25, -0.2) is 8.78 Å². The average molecular weight is 375 g/mol. The van der Waals surface area contributed by atoms with E-state index in [4.69, 9.17) is 0 Å². The number of hydrogen-bond acceptors (Lipinski definition) is 4.